The molecule has 1 aromatic carbocycles. The monoisotopic (exact) mass is 256 g/mol. The van der Waals surface area contributed by atoms with Crippen molar-refractivity contribution in [2.45, 2.75) is 31.2 Å². The average molecular weight is 256 g/mol. The molecule has 0 spiro atoms. The zero-order valence-electron chi connectivity index (χ0n) is 10.7. The van der Waals surface area contributed by atoms with Gasteiger partial charge in [0.05, 0.1) is 0 Å². The molecule has 2 unspecified atom stereocenters. The van der Waals surface area contributed by atoms with Crippen LogP contribution < -0.4 is 5.73 Å². The lowest BCUT2D eigenvalue weighted by molar-refractivity contribution is 0.462. The predicted molar refractivity (Wildman–Crippen MR) is 73.2 cm³/mol. The maximum Gasteiger partial charge on any atom is 0.123 e. The number of hydrogen-bond donors (Lipinski definition) is 1. The Morgan fingerprint density at radius 2 is 2.00 bits per heavy atom. The van der Waals surface area contributed by atoms with E-state index in [9.17, 15) is 4.39 Å². The molecule has 3 heteroatoms. The highest BCUT2D eigenvalue weighted by molar-refractivity contribution is 5.31. The van der Waals surface area contributed by atoms with Crippen LogP contribution in [0.1, 0.15) is 41.6 Å². The molecule has 3 rings (SSSR count). The number of hydrogen-bond acceptors (Lipinski definition) is 2. The Morgan fingerprint density at radius 1 is 1.21 bits per heavy atom. The highest BCUT2D eigenvalue weighted by atomic mass is 19.1. The topological polar surface area (TPSA) is 38.9 Å². The Labute approximate surface area is 112 Å². The van der Waals surface area contributed by atoms with E-state index >= 15 is 0 Å². The lowest BCUT2D eigenvalue weighted by Crippen LogP contribution is -2.24. The van der Waals surface area contributed by atoms with Crippen LogP contribution in [0.4, 0.5) is 4.39 Å². The summed E-state index contributed by atoms with van der Waals surface area (Å²) in [4.78, 5) is 4.51. The molecule has 1 aromatic heterocycles. The highest BCUT2D eigenvalue weighted by Crippen LogP contribution is 2.37. The molecule has 0 amide bonds. The second kappa shape index (κ2) is 5.10. The third-order valence-corrected chi connectivity index (χ3v) is 3.93. The van der Waals surface area contributed by atoms with Gasteiger partial charge in [-0.05, 0) is 48.6 Å². The smallest absolute Gasteiger partial charge is 0.123 e. The molecule has 0 radical (unpaired) electrons. The van der Waals surface area contributed by atoms with Gasteiger partial charge in [-0.2, -0.15) is 0 Å². The number of fused-ring (bicyclic) bond motifs is 1. The van der Waals surface area contributed by atoms with Crippen LogP contribution in [0.25, 0.3) is 0 Å². The van der Waals surface area contributed by atoms with Crippen LogP contribution >= 0.6 is 0 Å². The molecule has 0 saturated heterocycles. The van der Waals surface area contributed by atoms with Crippen LogP contribution in [0.2, 0.25) is 0 Å². The van der Waals surface area contributed by atoms with Crippen molar-refractivity contribution in [3.8, 4) is 0 Å². The number of halogens is 1. The molecule has 1 aliphatic carbocycles. The molecular formula is C16H17FN2. The van der Waals surface area contributed by atoms with Gasteiger partial charge in [0.2, 0.25) is 0 Å². The normalized spacial score (nSPS) is 19.8. The van der Waals surface area contributed by atoms with Crippen molar-refractivity contribution in [3.05, 3.63) is 65.2 Å². The third-order valence-electron chi connectivity index (χ3n) is 3.93. The highest BCUT2D eigenvalue weighted by Gasteiger charge is 2.27. The molecule has 2 N–H and O–H groups in total. The van der Waals surface area contributed by atoms with Crippen LogP contribution in [-0.4, -0.2) is 4.98 Å². The summed E-state index contributed by atoms with van der Waals surface area (Å²) in [6, 6.07) is 10.5. The number of benzene rings is 1. The van der Waals surface area contributed by atoms with Gasteiger partial charge in [-0.3, -0.25) is 4.98 Å². The van der Waals surface area contributed by atoms with E-state index in [1.807, 2.05) is 12.3 Å². The number of pyridine rings is 1. The quantitative estimate of drug-likeness (QED) is 0.895. The fraction of sp³-hybridized carbons (Fsp3) is 0.312. The van der Waals surface area contributed by atoms with E-state index in [-0.39, 0.29) is 17.8 Å². The van der Waals surface area contributed by atoms with Crippen molar-refractivity contribution in [2.24, 2.45) is 5.73 Å². The zero-order chi connectivity index (χ0) is 13.2. The van der Waals surface area contributed by atoms with Gasteiger partial charge in [0.15, 0.2) is 0 Å². The molecule has 1 heterocycles. The van der Waals surface area contributed by atoms with Gasteiger partial charge in [-0.15, -0.1) is 0 Å². The lowest BCUT2D eigenvalue weighted by atomic mass is 9.80. The van der Waals surface area contributed by atoms with Gasteiger partial charge in [0.1, 0.15) is 5.82 Å². The molecule has 19 heavy (non-hydrogen) atoms. The van der Waals surface area contributed by atoms with Crippen molar-refractivity contribution in [3.63, 3.8) is 0 Å². The molecule has 0 saturated carbocycles. The summed E-state index contributed by atoms with van der Waals surface area (Å²) in [7, 11) is 0. The summed E-state index contributed by atoms with van der Waals surface area (Å²) in [6.07, 6.45) is 5.09. The number of nitrogens with zero attached hydrogens (tertiary/aromatic N) is 1. The zero-order valence-corrected chi connectivity index (χ0v) is 10.7. The van der Waals surface area contributed by atoms with Crippen molar-refractivity contribution >= 4 is 0 Å². The first-order valence-electron chi connectivity index (χ1n) is 6.70. The van der Waals surface area contributed by atoms with Crippen molar-refractivity contribution in [1.82, 2.24) is 4.98 Å². The van der Waals surface area contributed by atoms with Gasteiger partial charge in [-0.1, -0.05) is 18.2 Å². The van der Waals surface area contributed by atoms with Crippen molar-refractivity contribution < 1.29 is 4.39 Å². The largest absolute Gasteiger partial charge is 0.323 e. The van der Waals surface area contributed by atoms with Gasteiger partial charge in [-0.25, -0.2) is 4.39 Å². The van der Waals surface area contributed by atoms with E-state index in [4.69, 9.17) is 5.73 Å². The summed E-state index contributed by atoms with van der Waals surface area (Å²) in [5.74, 6) is 0.00790. The predicted octanol–water partition coefficient (Wildman–Crippen LogP) is 3.34. The fourth-order valence-electron chi connectivity index (χ4n) is 2.91. The Morgan fingerprint density at radius 3 is 2.79 bits per heavy atom. The summed E-state index contributed by atoms with van der Waals surface area (Å²) in [5.41, 5.74) is 9.77. The van der Waals surface area contributed by atoms with Crippen molar-refractivity contribution in [2.75, 3.05) is 0 Å². The minimum absolute atomic E-state index is 0.116. The Bertz CT molecular complexity index is 565. The summed E-state index contributed by atoms with van der Waals surface area (Å²) in [5, 5.41) is 0. The molecule has 2 aromatic rings. The van der Waals surface area contributed by atoms with Crippen LogP contribution in [-0.2, 0) is 6.42 Å². The van der Waals surface area contributed by atoms with Crippen LogP contribution in [0, 0.1) is 5.82 Å². The number of rotatable bonds is 2. The first kappa shape index (κ1) is 12.3. The van der Waals surface area contributed by atoms with E-state index in [1.54, 1.807) is 12.1 Å². The van der Waals surface area contributed by atoms with Crippen LogP contribution in [0.5, 0.6) is 0 Å². The molecule has 0 bridgehead atoms. The van der Waals surface area contributed by atoms with Gasteiger partial charge >= 0.3 is 0 Å². The minimum Gasteiger partial charge on any atom is -0.323 e. The van der Waals surface area contributed by atoms with Gasteiger partial charge in [0, 0.05) is 23.9 Å². The van der Waals surface area contributed by atoms with E-state index < -0.39 is 0 Å². The number of aryl methyl sites for hydroxylation is 1. The third kappa shape index (κ3) is 2.38. The molecular weight excluding hydrogens is 239 g/mol. The molecule has 1 aliphatic rings. The van der Waals surface area contributed by atoms with E-state index in [2.05, 4.69) is 11.1 Å². The van der Waals surface area contributed by atoms with Gasteiger partial charge in [0.25, 0.3) is 0 Å². The van der Waals surface area contributed by atoms with E-state index in [0.29, 0.717) is 0 Å². The Hall–Kier alpha value is -1.74. The molecule has 0 aliphatic heterocycles. The van der Waals surface area contributed by atoms with E-state index in [1.165, 1.54) is 17.7 Å². The maximum absolute atomic E-state index is 13.0. The molecule has 2 atom stereocenters. The second-order valence-corrected chi connectivity index (χ2v) is 5.12. The molecule has 0 fully saturated rings. The first-order valence-corrected chi connectivity index (χ1v) is 6.70. The standard InChI is InChI=1S/C16H17FN2/c17-13-8-6-11(7-9-13)15(18)14-5-1-3-12-4-2-10-19-16(12)14/h2,4,6-10,14-15H,1,3,5,18H2. The SMILES string of the molecule is NC(c1ccc(F)cc1)C1CCCc2cccnc21. The number of nitrogens with two attached hydrogens (primary N) is 1. The fourth-order valence-corrected chi connectivity index (χ4v) is 2.91. The van der Waals surface area contributed by atoms with Crippen molar-refractivity contribution in [1.29, 1.82) is 0 Å². The second-order valence-electron chi connectivity index (χ2n) is 5.12. The first-order chi connectivity index (χ1) is 9.25. The maximum atomic E-state index is 13.0. The van der Waals surface area contributed by atoms with Crippen LogP contribution in [0.3, 0.4) is 0 Å². The summed E-state index contributed by atoms with van der Waals surface area (Å²) >= 11 is 0. The minimum atomic E-state index is -0.224. The summed E-state index contributed by atoms with van der Waals surface area (Å²) < 4.78 is 13.0. The Kier molecular flexibility index (Phi) is 3.30. The lowest BCUT2D eigenvalue weighted by Gasteiger charge is -2.29. The molecule has 98 valence electrons. The molecule has 2 nitrogen and oxygen atoms in total. The van der Waals surface area contributed by atoms with Crippen LogP contribution in [0.15, 0.2) is 42.6 Å². The van der Waals surface area contributed by atoms with E-state index in [0.717, 1.165) is 30.5 Å². The number of aromatic nitrogens is 1. The van der Waals surface area contributed by atoms with Gasteiger partial charge < -0.3 is 5.73 Å². The Balaban J connectivity index is 1.92. The average Bonchev–Trinajstić information content (AvgIpc) is 2.47. The summed E-state index contributed by atoms with van der Waals surface area (Å²) in [6.45, 7) is 0.